The maximum atomic E-state index is 12.4. The number of ether oxygens (including phenoxy) is 1. The average Bonchev–Trinajstić information content (AvgIpc) is 3.12. The lowest BCUT2D eigenvalue weighted by molar-refractivity contribution is -0.133. The molecular weight excluding hydrogens is 330 g/mol. The van der Waals surface area contributed by atoms with E-state index in [2.05, 4.69) is 23.1 Å². The van der Waals surface area contributed by atoms with Crippen molar-refractivity contribution in [2.24, 2.45) is 0 Å². The van der Waals surface area contributed by atoms with Gasteiger partial charge in [-0.15, -0.1) is 0 Å². The lowest BCUT2D eigenvalue weighted by atomic mass is 10.1. The van der Waals surface area contributed by atoms with Crippen LogP contribution in [0.5, 0.6) is 5.75 Å². The molecule has 0 saturated carbocycles. The van der Waals surface area contributed by atoms with Crippen LogP contribution in [0.3, 0.4) is 0 Å². The van der Waals surface area contributed by atoms with Gasteiger partial charge in [-0.1, -0.05) is 18.2 Å². The highest BCUT2D eigenvalue weighted by molar-refractivity contribution is 5.76. The molecule has 0 spiro atoms. The summed E-state index contributed by atoms with van der Waals surface area (Å²) in [5.41, 5.74) is 2.45. The van der Waals surface area contributed by atoms with Gasteiger partial charge in [-0.05, 0) is 23.3 Å². The van der Waals surface area contributed by atoms with Crippen molar-refractivity contribution in [3.63, 3.8) is 0 Å². The third-order valence-corrected chi connectivity index (χ3v) is 5.09. The first kappa shape index (κ1) is 16.8. The van der Waals surface area contributed by atoms with Gasteiger partial charge in [0, 0.05) is 51.4 Å². The molecule has 4 rings (SSSR count). The standard InChI is InChI=1S/C20H23N3O3/c24-19-3-1-2-7-23(19)15-20(25)22-10-8-21(9-11-22)14-16-4-5-18-17(13-16)6-12-26-18/h1-5,7,13H,6,8-12,14-15H2. The molecule has 6 heteroatoms. The number of aromatic nitrogens is 1. The van der Waals surface area contributed by atoms with E-state index in [1.54, 1.807) is 18.3 Å². The number of fused-ring (bicyclic) bond motifs is 1. The molecule has 2 aliphatic heterocycles. The number of rotatable bonds is 4. The number of hydrogen-bond acceptors (Lipinski definition) is 4. The van der Waals surface area contributed by atoms with Gasteiger partial charge in [-0.25, -0.2) is 0 Å². The molecule has 6 nitrogen and oxygen atoms in total. The summed E-state index contributed by atoms with van der Waals surface area (Å²) in [5, 5.41) is 0. The van der Waals surface area contributed by atoms with Crippen LogP contribution < -0.4 is 10.3 Å². The molecule has 1 aromatic carbocycles. The molecule has 2 aliphatic rings. The number of carbonyl (C=O) groups excluding carboxylic acids is 1. The Hall–Kier alpha value is -2.60. The second-order valence-electron chi connectivity index (χ2n) is 6.86. The van der Waals surface area contributed by atoms with E-state index in [-0.39, 0.29) is 18.0 Å². The van der Waals surface area contributed by atoms with Gasteiger partial charge in [0.05, 0.1) is 6.61 Å². The zero-order valence-electron chi connectivity index (χ0n) is 14.8. The summed E-state index contributed by atoms with van der Waals surface area (Å²) in [5.74, 6) is 1.02. The van der Waals surface area contributed by atoms with Gasteiger partial charge in [-0.2, -0.15) is 0 Å². The minimum atomic E-state index is -0.139. The largest absolute Gasteiger partial charge is 0.493 e. The highest BCUT2D eigenvalue weighted by Gasteiger charge is 2.22. The summed E-state index contributed by atoms with van der Waals surface area (Å²) in [6, 6.07) is 11.4. The predicted molar refractivity (Wildman–Crippen MR) is 98.2 cm³/mol. The number of hydrogen-bond donors (Lipinski definition) is 0. The highest BCUT2D eigenvalue weighted by atomic mass is 16.5. The van der Waals surface area contributed by atoms with Crippen molar-refractivity contribution in [1.29, 1.82) is 0 Å². The third kappa shape index (κ3) is 3.65. The van der Waals surface area contributed by atoms with Gasteiger partial charge < -0.3 is 14.2 Å². The maximum absolute atomic E-state index is 12.4. The molecule has 0 bridgehead atoms. The Balaban J connectivity index is 1.30. The first-order chi connectivity index (χ1) is 12.7. The van der Waals surface area contributed by atoms with E-state index in [1.165, 1.54) is 21.8 Å². The average molecular weight is 353 g/mol. The number of carbonyl (C=O) groups is 1. The molecule has 1 aromatic heterocycles. The predicted octanol–water partition coefficient (Wildman–Crippen LogP) is 1.13. The second-order valence-corrected chi connectivity index (χ2v) is 6.86. The van der Waals surface area contributed by atoms with Crippen molar-refractivity contribution < 1.29 is 9.53 Å². The molecule has 0 atom stereocenters. The topological polar surface area (TPSA) is 54.8 Å². The number of nitrogens with zero attached hydrogens (tertiary/aromatic N) is 3. The molecule has 0 radical (unpaired) electrons. The Labute approximate surface area is 152 Å². The second kappa shape index (κ2) is 7.33. The van der Waals surface area contributed by atoms with E-state index < -0.39 is 0 Å². The van der Waals surface area contributed by atoms with E-state index in [0.717, 1.165) is 38.4 Å². The Morgan fingerprint density at radius 3 is 2.73 bits per heavy atom. The van der Waals surface area contributed by atoms with E-state index >= 15 is 0 Å². The molecule has 136 valence electrons. The highest BCUT2D eigenvalue weighted by Crippen LogP contribution is 2.26. The van der Waals surface area contributed by atoms with Crippen LogP contribution in [-0.2, 0) is 24.3 Å². The Kier molecular flexibility index (Phi) is 4.75. The van der Waals surface area contributed by atoms with Crippen LogP contribution in [0.2, 0.25) is 0 Å². The SMILES string of the molecule is O=C(Cn1ccccc1=O)N1CCN(Cc2ccc3c(c2)CCO3)CC1. The van der Waals surface area contributed by atoms with Crippen LogP contribution >= 0.6 is 0 Å². The zero-order valence-corrected chi connectivity index (χ0v) is 14.8. The van der Waals surface area contributed by atoms with Crippen LogP contribution in [0.25, 0.3) is 0 Å². The smallest absolute Gasteiger partial charge is 0.250 e. The Morgan fingerprint density at radius 1 is 1.08 bits per heavy atom. The molecule has 0 N–H and O–H groups in total. The lowest BCUT2D eigenvalue weighted by Crippen LogP contribution is -2.49. The number of amides is 1. The third-order valence-electron chi connectivity index (χ3n) is 5.09. The van der Waals surface area contributed by atoms with Crippen LogP contribution in [-0.4, -0.2) is 53.1 Å². The number of pyridine rings is 1. The number of piperazine rings is 1. The van der Waals surface area contributed by atoms with Crippen LogP contribution in [0.15, 0.2) is 47.4 Å². The fraction of sp³-hybridized carbons (Fsp3) is 0.400. The Bertz CT molecular complexity index is 853. The fourth-order valence-electron chi connectivity index (χ4n) is 3.59. The van der Waals surface area contributed by atoms with Crippen LogP contribution in [0.1, 0.15) is 11.1 Å². The van der Waals surface area contributed by atoms with Crippen molar-refractivity contribution >= 4 is 5.91 Å². The minimum Gasteiger partial charge on any atom is -0.493 e. The maximum Gasteiger partial charge on any atom is 0.250 e. The van der Waals surface area contributed by atoms with Crippen molar-refractivity contribution in [3.05, 3.63) is 64.1 Å². The summed E-state index contributed by atoms with van der Waals surface area (Å²) >= 11 is 0. The first-order valence-electron chi connectivity index (χ1n) is 9.09. The van der Waals surface area contributed by atoms with Crippen molar-refractivity contribution in [2.75, 3.05) is 32.8 Å². The fourth-order valence-corrected chi connectivity index (χ4v) is 3.59. The van der Waals surface area contributed by atoms with E-state index in [4.69, 9.17) is 4.74 Å². The summed E-state index contributed by atoms with van der Waals surface area (Å²) in [7, 11) is 0. The summed E-state index contributed by atoms with van der Waals surface area (Å²) in [6.45, 7) is 4.90. The van der Waals surface area contributed by atoms with Gasteiger partial charge >= 0.3 is 0 Å². The van der Waals surface area contributed by atoms with Crippen molar-refractivity contribution in [1.82, 2.24) is 14.4 Å². The summed E-state index contributed by atoms with van der Waals surface area (Å²) in [4.78, 5) is 28.4. The van der Waals surface area contributed by atoms with E-state index in [9.17, 15) is 9.59 Å². The normalized spacial score (nSPS) is 17.0. The molecule has 26 heavy (non-hydrogen) atoms. The minimum absolute atomic E-state index is 0.00706. The van der Waals surface area contributed by atoms with Gasteiger partial charge in [-0.3, -0.25) is 14.5 Å². The quantitative estimate of drug-likeness (QED) is 0.827. The first-order valence-corrected chi connectivity index (χ1v) is 9.09. The molecule has 1 amide bonds. The Morgan fingerprint density at radius 2 is 1.92 bits per heavy atom. The zero-order chi connectivity index (χ0) is 17.9. The van der Waals surface area contributed by atoms with Crippen LogP contribution in [0.4, 0.5) is 0 Å². The van der Waals surface area contributed by atoms with Crippen molar-refractivity contribution in [2.45, 2.75) is 19.5 Å². The molecule has 2 aromatic rings. The molecular formula is C20H23N3O3. The molecule has 1 saturated heterocycles. The van der Waals surface area contributed by atoms with Gasteiger partial charge in [0.25, 0.3) is 5.56 Å². The summed E-state index contributed by atoms with van der Waals surface area (Å²) < 4.78 is 7.02. The molecule has 0 unspecified atom stereocenters. The van der Waals surface area contributed by atoms with Gasteiger partial charge in [0.15, 0.2) is 0 Å². The monoisotopic (exact) mass is 353 g/mol. The number of benzene rings is 1. The van der Waals surface area contributed by atoms with Gasteiger partial charge in [0.2, 0.25) is 5.91 Å². The van der Waals surface area contributed by atoms with Crippen LogP contribution in [0, 0.1) is 0 Å². The van der Waals surface area contributed by atoms with Crippen molar-refractivity contribution in [3.8, 4) is 5.75 Å². The van der Waals surface area contributed by atoms with E-state index in [1.807, 2.05) is 4.90 Å². The molecule has 3 heterocycles. The van der Waals surface area contributed by atoms with Gasteiger partial charge in [0.1, 0.15) is 12.3 Å². The summed E-state index contributed by atoms with van der Waals surface area (Å²) in [6.07, 6.45) is 2.65. The molecule has 0 aliphatic carbocycles. The lowest BCUT2D eigenvalue weighted by Gasteiger charge is -2.35. The van der Waals surface area contributed by atoms with E-state index in [0.29, 0.717) is 13.1 Å². The molecule has 1 fully saturated rings.